The van der Waals surface area contributed by atoms with Gasteiger partial charge in [-0.2, -0.15) is 0 Å². The van der Waals surface area contributed by atoms with Crippen LogP contribution in [0.4, 0.5) is 11.4 Å². The Labute approximate surface area is 205 Å². The molecule has 3 aromatic rings. The fourth-order valence-electron chi connectivity index (χ4n) is 5.05. The Hall–Kier alpha value is -3.24. The lowest BCUT2D eigenvalue weighted by molar-refractivity contribution is -0.125. The molecule has 1 aliphatic heterocycles. The normalized spacial score (nSPS) is 16.4. The minimum Gasteiger partial charge on any atom is -0.475 e. The summed E-state index contributed by atoms with van der Waals surface area (Å²) >= 11 is 0. The number of benzene rings is 1. The third-order valence-electron chi connectivity index (χ3n) is 6.86. The van der Waals surface area contributed by atoms with Crippen molar-refractivity contribution >= 4 is 38.2 Å². The molecule has 0 saturated heterocycles. The van der Waals surface area contributed by atoms with Crippen LogP contribution in [0.5, 0.6) is 5.88 Å². The van der Waals surface area contributed by atoms with E-state index in [2.05, 4.69) is 20.0 Å². The van der Waals surface area contributed by atoms with Gasteiger partial charge in [0, 0.05) is 36.3 Å². The Morgan fingerprint density at radius 3 is 2.63 bits per heavy atom. The van der Waals surface area contributed by atoms with Crippen molar-refractivity contribution in [3.05, 3.63) is 42.2 Å². The van der Waals surface area contributed by atoms with Crippen LogP contribution in [-0.4, -0.2) is 57.3 Å². The Morgan fingerprint density at radius 1 is 1.14 bits per heavy atom. The predicted molar refractivity (Wildman–Crippen MR) is 136 cm³/mol. The van der Waals surface area contributed by atoms with Crippen LogP contribution in [0.1, 0.15) is 31.7 Å². The van der Waals surface area contributed by atoms with Gasteiger partial charge in [0.1, 0.15) is 12.3 Å². The molecule has 2 aromatic heterocycles. The van der Waals surface area contributed by atoms with Crippen molar-refractivity contribution in [3.63, 3.8) is 0 Å². The molecule has 0 atom stereocenters. The number of amides is 1. The van der Waals surface area contributed by atoms with Crippen molar-refractivity contribution in [3.8, 4) is 17.0 Å². The Morgan fingerprint density at radius 2 is 1.94 bits per heavy atom. The highest BCUT2D eigenvalue weighted by Crippen LogP contribution is 2.55. The number of carbonyl (C=O) groups is 1. The smallest absolute Gasteiger partial charge is 0.238 e. The molecule has 35 heavy (non-hydrogen) atoms. The number of nitrogens with one attached hydrogen (secondary N) is 2. The molecular formula is C25H29N5O4S. The summed E-state index contributed by atoms with van der Waals surface area (Å²) in [4.78, 5) is 23.8. The summed E-state index contributed by atoms with van der Waals surface area (Å²) in [5.74, 6) is 0.361. The number of hydrogen-bond acceptors (Lipinski definition) is 7. The van der Waals surface area contributed by atoms with E-state index >= 15 is 0 Å². The van der Waals surface area contributed by atoms with Crippen molar-refractivity contribution in [2.45, 2.75) is 31.6 Å². The van der Waals surface area contributed by atoms with E-state index in [1.54, 1.807) is 23.4 Å². The van der Waals surface area contributed by atoms with Gasteiger partial charge in [-0.15, -0.1) is 0 Å². The van der Waals surface area contributed by atoms with E-state index in [1.165, 1.54) is 0 Å². The van der Waals surface area contributed by atoms with Gasteiger partial charge in [0.2, 0.25) is 21.8 Å². The molecule has 1 aliphatic carbocycles. The van der Waals surface area contributed by atoms with E-state index in [1.807, 2.05) is 32.2 Å². The summed E-state index contributed by atoms with van der Waals surface area (Å²) in [6.45, 7) is 3.79. The maximum Gasteiger partial charge on any atom is 0.238 e. The number of hydrogen-bond donors (Lipinski definition) is 2. The molecule has 0 bridgehead atoms. The molecule has 1 amide bonds. The highest BCUT2D eigenvalue weighted by molar-refractivity contribution is 7.92. The zero-order chi connectivity index (χ0) is 24.8. The van der Waals surface area contributed by atoms with Gasteiger partial charge in [0.15, 0.2) is 0 Å². The lowest BCUT2D eigenvalue weighted by Crippen LogP contribution is -2.43. The van der Waals surface area contributed by atoms with Crippen LogP contribution >= 0.6 is 0 Å². The quantitative estimate of drug-likeness (QED) is 0.462. The molecule has 10 heteroatoms. The van der Waals surface area contributed by atoms with Gasteiger partial charge in [-0.25, -0.2) is 13.4 Å². The summed E-state index contributed by atoms with van der Waals surface area (Å²) in [7, 11) is -1.73. The van der Waals surface area contributed by atoms with E-state index in [9.17, 15) is 13.2 Å². The summed E-state index contributed by atoms with van der Waals surface area (Å²) in [6, 6.07) is 7.62. The van der Waals surface area contributed by atoms with Gasteiger partial charge < -0.3 is 15.0 Å². The highest BCUT2D eigenvalue weighted by Gasteiger charge is 2.54. The number of ether oxygens (including phenoxy) is 1. The monoisotopic (exact) mass is 495 g/mol. The third kappa shape index (κ3) is 4.10. The summed E-state index contributed by atoms with van der Waals surface area (Å²) < 4.78 is 32.3. The SMILES string of the molecule is CCNCCOc1ncc(-c2ccc3ncc4c(c3c2)C2(CCC2)C(=O)N4C)cc1NS(C)(=O)=O. The third-order valence-corrected chi connectivity index (χ3v) is 7.45. The summed E-state index contributed by atoms with van der Waals surface area (Å²) in [6.07, 6.45) is 7.27. The molecule has 9 nitrogen and oxygen atoms in total. The average molecular weight is 496 g/mol. The number of pyridine rings is 2. The van der Waals surface area contributed by atoms with Gasteiger partial charge in [-0.1, -0.05) is 19.4 Å². The minimum atomic E-state index is -3.54. The molecule has 5 rings (SSSR count). The van der Waals surface area contributed by atoms with Crippen LogP contribution in [-0.2, 0) is 20.2 Å². The first-order valence-electron chi connectivity index (χ1n) is 11.8. The lowest BCUT2D eigenvalue weighted by atomic mass is 9.64. The molecule has 184 valence electrons. The topological polar surface area (TPSA) is 114 Å². The second-order valence-corrected chi connectivity index (χ2v) is 11.0. The fourth-order valence-corrected chi connectivity index (χ4v) is 5.59. The fraction of sp³-hybridized carbons (Fsp3) is 0.400. The Kier molecular flexibility index (Phi) is 5.88. The number of aromatic nitrogens is 2. The number of rotatable bonds is 8. The summed E-state index contributed by atoms with van der Waals surface area (Å²) in [5, 5.41) is 4.10. The van der Waals surface area contributed by atoms with E-state index in [0.29, 0.717) is 13.2 Å². The second-order valence-electron chi connectivity index (χ2n) is 9.20. The maximum atomic E-state index is 13.1. The molecule has 1 aromatic carbocycles. The van der Waals surface area contributed by atoms with Crippen LogP contribution in [0.3, 0.4) is 0 Å². The van der Waals surface area contributed by atoms with Crippen LogP contribution in [0.2, 0.25) is 0 Å². The number of carbonyl (C=O) groups excluding carboxylic acids is 1. The number of anilines is 2. The first kappa shape index (κ1) is 23.5. The molecule has 1 spiro atoms. The number of sulfonamides is 1. The number of fused-ring (bicyclic) bond motifs is 4. The van der Waals surface area contributed by atoms with Gasteiger partial charge >= 0.3 is 0 Å². The van der Waals surface area contributed by atoms with Crippen molar-refractivity contribution in [2.24, 2.45) is 0 Å². The number of likely N-dealkylation sites (N-methyl/N-ethyl adjacent to an activating group) is 2. The predicted octanol–water partition coefficient (Wildman–Crippen LogP) is 3.05. The molecule has 0 radical (unpaired) electrons. The van der Waals surface area contributed by atoms with Crippen molar-refractivity contribution in [1.29, 1.82) is 0 Å². The zero-order valence-electron chi connectivity index (χ0n) is 20.1. The van der Waals surface area contributed by atoms with Crippen molar-refractivity contribution < 1.29 is 17.9 Å². The largest absolute Gasteiger partial charge is 0.475 e. The van der Waals surface area contributed by atoms with Crippen molar-refractivity contribution in [1.82, 2.24) is 15.3 Å². The number of nitrogens with zero attached hydrogens (tertiary/aromatic N) is 3. The molecule has 1 saturated carbocycles. The first-order chi connectivity index (χ1) is 16.7. The average Bonchev–Trinajstić information content (AvgIpc) is 3.03. The van der Waals surface area contributed by atoms with Crippen LogP contribution < -0.4 is 19.7 Å². The van der Waals surface area contributed by atoms with Crippen LogP contribution in [0.15, 0.2) is 36.7 Å². The first-order valence-corrected chi connectivity index (χ1v) is 13.7. The van der Waals surface area contributed by atoms with E-state index in [-0.39, 0.29) is 17.5 Å². The second kappa shape index (κ2) is 8.76. The maximum absolute atomic E-state index is 13.1. The zero-order valence-corrected chi connectivity index (χ0v) is 20.9. The Balaban J connectivity index is 1.57. The van der Waals surface area contributed by atoms with Crippen molar-refractivity contribution in [2.75, 3.05) is 42.6 Å². The van der Waals surface area contributed by atoms with Gasteiger partial charge in [0.05, 0.1) is 29.1 Å². The molecule has 2 N–H and O–H groups in total. The molecule has 2 aliphatic rings. The highest BCUT2D eigenvalue weighted by atomic mass is 32.2. The Bertz CT molecular complexity index is 1420. The molecule has 0 unspecified atom stereocenters. The van der Waals surface area contributed by atoms with Gasteiger partial charge in [0.25, 0.3) is 0 Å². The molecular weight excluding hydrogens is 466 g/mol. The summed E-state index contributed by atoms with van der Waals surface area (Å²) in [5.41, 5.74) is 4.14. The van der Waals surface area contributed by atoms with Gasteiger partial charge in [-0.3, -0.25) is 14.5 Å². The van der Waals surface area contributed by atoms with E-state index in [4.69, 9.17) is 4.74 Å². The standard InChI is InChI=1S/C25H29N5O4S/c1-4-26-10-11-34-23-20(29-35(3,32)33)13-17(14-28-23)16-6-7-19-18(12-16)22-21(15-27-19)30(2)24(31)25(22)8-5-9-25/h6-7,12-15,26,29H,4-5,8-11H2,1-3H3. The van der Waals surface area contributed by atoms with E-state index < -0.39 is 15.4 Å². The lowest BCUT2D eigenvalue weighted by Gasteiger charge is -2.37. The minimum absolute atomic E-state index is 0.138. The van der Waals surface area contributed by atoms with Crippen LogP contribution in [0, 0.1) is 0 Å². The van der Waals surface area contributed by atoms with Crippen LogP contribution in [0.25, 0.3) is 22.0 Å². The van der Waals surface area contributed by atoms with Gasteiger partial charge in [-0.05, 0) is 43.1 Å². The van der Waals surface area contributed by atoms with E-state index in [0.717, 1.165) is 65.3 Å². The molecule has 1 fully saturated rings. The molecule has 3 heterocycles.